The molecule has 0 aliphatic carbocycles. The smallest absolute Gasteiger partial charge is 0.275 e. The SMILES string of the molecule is CCN(CC)C(=O)C1CCCN1C(=O)c1n[nH]c2c1CNCC2. The van der Waals surface area contributed by atoms with Gasteiger partial charge in [-0.05, 0) is 26.7 Å². The second-order valence-electron chi connectivity index (χ2n) is 6.12. The highest BCUT2D eigenvalue weighted by atomic mass is 16.2. The number of H-pyrrole nitrogens is 1. The molecule has 3 rings (SSSR count). The van der Waals surface area contributed by atoms with Gasteiger partial charge in [0.2, 0.25) is 5.91 Å². The minimum atomic E-state index is -0.341. The Morgan fingerprint density at radius 3 is 2.87 bits per heavy atom. The van der Waals surface area contributed by atoms with Crippen LogP contribution < -0.4 is 5.32 Å². The van der Waals surface area contributed by atoms with Gasteiger partial charge in [-0.15, -0.1) is 0 Å². The lowest BCUT2D eigenvalue weighted by molar-refractivity contribution is -0.134. The topological polar surface area (TPSA) is 81.3 Å². The summed E-state index contributed by atoms with van der Waals surface area (Å²) in [7, 11) is 0. The predicted molar refractivity (Wildman–Crippen MR) is 86.0 cm³/mol. The maximum Gasteiger partial charge on any atom is 0.275 e. The summed E-state index contributed by atoms with van der Waals surface area (Å²) in [6.07, 6.45) is 2.47. The third-order valence-electron chi connectivity index (χ3n) is 4.88. The van der Waals surface area contributed by atoms with Crippen molar-refractivity contribution in [3.63, 3.8) is 0 Å². The van der Waals surface area contributed by atoms with Crippen LogP contribution in [-0.2, 0) is 17.8 Å². The van der Waals surface area contributed by atoms with Crippen LogP contribution in [0.3, 0.4) is 0 Å². The molecular formula is C16H25N5O2. The van der Waals surface area contributed by atoms with E-state index in [0.29, 0.717) is 31.9 Å². The van der Waals surface area contributed by atoms with Gasteiger partial charge in [0.1, 0.15) is 6.04 Å². The van der Waals surface area contributed by atoms with Crippen molar-refractivity contribution in [3.8, 4) is 0 Å². The maximum atomic E-state index is 12.9. The molecule has 1 atom stereocenters. The number of hydrogen-bond donors (Lipinski definition) is 2. The number of rotatable bonds is 4. The van der Waals surface area contributed by atoms with E-state index >= 15 is 0 Å². The molecule has 1 unspecified atom stereocenters. The van der Waals surface area contributed by atoms with Crippen LogP contribution in [0.15, 0.2) is 0 Å². The molecule has 7 nitrogen and oxygen atoms in total. The lowest BCUT2D eigenvalue weighted by Gasteiger charge is -2.29. The average Bonchev–Trinajstić information content (AvgIpc) is 3.22. The van der Waals surface area contributed by atoms with Gasteiger partial charge in [-0.1, -0.05) is 0 Å². The fourth-order valence-corrected chi connectivity index (χ4v) is 3.55. The Bertz CT molecular complexity index is 593. The highest BCUT2D eigenvalue weighted by Gasteiger charge is 2.38. The van der Waals surface area contributed by atoms with Crippen molar-refractivity contribution in [2.75, 3.05) is 26.2 Å². The number of carbonyl (C=O) groups is 2. The molecule has 2 aliphatic rings. The molecule has 2 aliphatic heterocycles. The predicted octanol–water partition coefficient (Wildman–Crippen LogP) is 0.528. The van der Waals surface area contributed by atoms with E-state index < -0.39 is 0 Å². The number of aromatic nitrogens is 2. The molecule has 23 heavy (non-hydrogen) atoms. The summed E-state index contributed by atoms with van der Waals surface area (Å²) >= 11 is 0. The average molecular weight is 319 g/mol. The molecule has 7 heteroatoms. The Morgan fingerprint density at radius 2 is 2.13 bits per heavy atom. The molecular weight excluding hydrogens is 294 g/mol. The van der Waals surface area contributed by atoms with Gasteiger partial charge >= 0.3 is 0 Å². The molecule has 0 radical (unpaired) electrons. The van der Waals surface area contributed by atoms with E-state index in [0.717, 1.165) is 37.1 Å². The van der Waals surface area contributed by atoms with Gasteiger partial charge in [-0.25, -0.2) is 0 Å². The Morgan fingerprint density at radius 1 is 1.35 bits per heavy atom. The lowest BCUT2D eigenvalue weighted by atomic mass is 10.1. The summed E-state index contributed by atoms with van der Waals surface area (Å²) in [5.41, 5.74) is 2.48. The Balaban J connectivity index is 1.81. The van der Waals surface area contributed by atoms with E-state index in [1.807, 2.05) is 13.8 Å². The van der Waals surface area contributed by atoms with E-state index in [1.165, 1.54) is 0 Å². The van der Waals surface area contributed by atoms with Gasteiger partial charge in [0.15, 0.2) is 5.69 Å². The molecule has 1 fully saturated rings. The Hall–Kier alpha value is -1.89. The number of nitrogens with zero attached hydrogens (tertiary/aromatic N) is 3. The fourth-order valence-electron chi connectivity index (χ4n) is 3.55. The highest BCUT2D eigenvalue weighted by Crippen LogP contribution is 2.24. The van der Waals surface area contributed by atoms with Crippen LogP contribution in [0.2, 0.25) is 0 Å². The Labute approximate surface area is 136 Å². The van der Waals surface area contributed by atoms with E-state index in [-0.39, 0.29) is 17.9 Å². The third-order valence-corrected chi connectivity index (χ3v) is 4.88. The van der Waals surface area contributed by atoms with Crippen LogP contribution in [0.4, 0.5) is 0 Å². The second kappa shape index (κ2) is 6.70. The van der Waals surface area contributed by atoms with Crippen LogP contribution in [-0.4, -0.2) is 64.0 Å². The molecule has 1 aromatic heterocycles. The van der Waals surface area contributed by atoms with Crippen LogP contribution in [0, 0.1) is 0 Å². The van der Waals surface area contributed by atoms with Gasteiger partial charge in [0, 0.05) is 50.4 Å². The summed E-state index contributed by atoms with van der Waals surface area (Å²) < 4.78 is 0. The van der Waals surface area contributed by atoms with Gasteiger partial charge < -0.3 is 15.1 Å². The summed E-state index contributed by atoms with van der Waals surface area (Å²) in [6.45, 7) is 7.48. The molecule has 0 saturated carbocycles. The zero-order valence-electron chi connectivity index (χ0n) is 13.9. The summed E-state index contributed by atoms with van der Waals surface area (Å²) in [5, 5.41) is 10.5. The zero-order valence-corrected chi connectivity index (χ0v) is 13.9. The van der Waals surface area contributed by atoms with Crippen molar-refractivity contribution in [2.45, 2.75) is 45.7 Å². The molecule has 2 amide bonds. The van der Waals surface area contributed by atoms with Crippen molar-refractivity contribution in [2.24, 2.45) is 0 Å². The van der Waals surface area contributed by atoms with E-state index in [2.05, 4.69) is 15.5 Å². The number of aromatic amines is 1. The van der Waals surface area contributed by atoms with Crippen molar-refractivity contribution >= 4 is 11.8 Å². The number of nitrogens with one attached hydrogen (secondary N) is 2. The van der Waals surface area contributed by atoms with Gasteiger partial charge in [0.25, 0.3) is 5.91 Å². The summed E-state index contributed by atoms with van der Waals surface area (Å²) in [4.78, 5) is 29.1. The first-order valence-corrected chi connectivity index (χ1v) is 8.53. The Kier molecular flexibility index (Phi) is 4.66. The molecule has 0 aromatic carbocycles. The van der Waals surface area contributed by atoms with Crippen LogP contribution in [0.5, 0.6) is 0 Å². The first-order chi connectivity index (χ1) is 11.2. The molecule has 0 spiro atoms. The number of fused-ring (bicyclic) bond motifs is 1. The van der Waals surface area contributed by atoms with Gasteiger partial charge in [0.05, 0.1) is 0 Å². The third kappa shape index (κ3) is 2.85. The number of hydrogen-bond acceptors (Lipinski definition) is 4. The fraction of sp³-hybridized carbons (Fsp3) is 0.688. The monoisotopic (exact) mass is 319 g/mol. The highest BCUT2D eigenvalue weighted by molar-refractivity contribution is 5.97. The van der Waals surface area contributed by atoms with Gasteiger partial charge in [-0.3, -0.25) is 14.7 Å². The molecule has 1 saturated heterocycles. The minimum Gasteiger partial charge on any atom is -0.341 e. The quantitative estimate of drug-likeness (QED) is 0.848. The largest absolute Gasteiger partial charge is 0.341 e. The first-order valence-electron chi connectivity index (χ1n) is 8.53. The summed E-state index contributed by atoms with van der Waals surface area (Å²) in [5.74, 6) is -0.0578. The number of likely N-dealkylation sites (tertiary alicyclic amines) is 1. The number of likely N-dealkylation sites (N-methyl/N-ethyl adjacent to an activating group) is 1. The van der Waals surface area contributed by atoms with Crippen LogP contribution in [0.25, 0.3) is 0 Å². The van der Waals surface area contributed by atoms with E-state index in [9.17, 15) is 9.59 Å². The first kappa shape index (κ1) is 16.0. The normalized spacial score (nSPS) is 20.4. The maximum absolute atomic E-state index is 12.9. The molecule has 3 heterocycles. The van der Waals surface area contributed by atoms with Crippen molar-refractivity contribution < 1.29 is 9.59 Å². The van der Waals surface area contributed by atoms with Crippen molar-refractivity contribution in [3.05, 3.63) is 17.0 Å². The standard InChI is InChI=1S/C16H25N5O2/c1-3-20(4-2)15(22)13-6-5-9-21(13)16(23)14-11-10-17-8-7-12(11)18-19-14/h13,17H,3-10H2,1-2H3,(H,18,19). The van der Waals surface area contributed by atoms with Crippen molar-refractivity contribution in [1.82, 2.24) is 25.3 Å². The number of amides is 2. The number of carbonyl (C=O) groups excluding carboxylic acids is 2. The van der Waals surface area contributed by atoms with E-state index in [4.69, 9.17) is 0 Å². The molecule has 2 N–H and O–H groups in total. The molecule has 0 bridgehead atoms. The van der Waals surface area contributed by atoms with Crippen LogP contribution in [0.1, 0.15) is 48.4 Å². The summed E-state index contributed by atoms with van der Waals surface area (Å²) in [6, 6.07) is -0.341. The molecule has 1 aromatic rings. The lowest BCUT2D eigenvalue weighted by Crippen LogP contribution is -2.48. The second-order valence-corrected chi connectivity index (χ2v) is 6.12. The van der Waals surface area contributed by atoms with Crippen molar-refractivity contribution in [1.29, 1.82) is 0 Å². The molecule has 126 valence electrons. The zero-order chi connectivity index (χ0) is 16.4. The van der Waals surface area contributed by atoms with E-state index in [1.54, 1.807) is 9.80 Å². The van der Waals surface area contributed by atoms with Gasteiger partial charge in [-0.2, -0.15) is 5.10 Å². The van der Waals surface area contributed by atoms with Crippen LogP contribution >= 0.6 is 0 Å². The minimum absolute atomic E-state index is 0.0587.